The van der Waals surface area contributed by atoms with E-state index in [4.69, 9.17) is 5.73 Å². The molecule has 1 saturated carbocycles. The van der Waals surface area contributed by atoms with Crippen molar-refractivity contribution in [2.75, 3.05) is 0 Å². The van der Waals surface area contributed by atoms with Crippen molar-refractivity contribution in [3.63, 3.8) is 0 Å². The first-order valence-corrected chi connectivity index (χ1v) is 5.51. The fourth-order valence-electron chi connectivity index (χ4n) is 2.00. The summed E-state index contributed by atoms with van der Waals surface area (Å²) < 4.78 is 38.1. The lowest BCUT2D eigenvalue weighted by Gasteiger charge is -2.13. The van der Waals surface area contributed by atoms with Crippen LogP contribution in [0.4, 0.5) is 13.2 Å². The van der Waals surface area contributed by atoms with Crippen LogP contribution in [-0.4, -0.2) is 9.97 Å². The van der Waals surface area contributed by atoms with Gasteiger partial charge in [0.15, 0.2) is 0 Å². The summed E-state index contributed by atoms with van der Waals surface area (Å²) in [5.41, 5.74) is 5.75. The van der Waals surface area contributed by atoms with Crippen LogP contribution in [0, 0.1) is 0 Å². The van der Waals surface area contributed by atoms with Gasteiger partial charge in [-0.2, -0.15) is 13.2 Å². The molecule has 1 heterocycles. The number of hydrogen-bond acceptors (Lipinski definition) is 3. The number of fused-ring (bicyclic) bond motifs is 1. The number of nitrogens with two attached hydrogens (primary N) is 1. The Bertz CT molecular complexity index is 617. The summed E-state index contributed by atoms with van der Waals surface area (Å²) in [5, 5.41) is 0.396. The predicted octanol–water partition coefficient (Wildman–Crippen LogP) is 2.60. The van der Waals surface area contributed by atoms with E-state index in [9.17, 15) is 13.2 Å². The zero-order valence-corrected chi connectivity index (χ0v) is 9.33. The molecule has 0 radical (unpaired) electrons. The van der Waals surface area contributed by atoms with E-state index in [0.29, 0.717) is 16.6 Å². The maximum Gasteiger partial charge on any atom is 0.416 e. The number of rotatable bonds is 1. The summed E-state index contributed by atoms with van der Waals surface area (Å²) in [5.74, 6) is 0. The van der Waals surface area contributed by atoms with Gasteiger partial charge in [-0.1, -0.05) is 0 Å². The van der Waals surface area contributed by atoms with Gasteiger partial charge in [0.1, 0.15) is 6.33 Å². The van der Waals surface area contributed by atoms with Crippen molar-refractivity contribution in [1.82, 2.24) is 9.97 Å². The average molecular weight is 253 g/mol. The van der Waals surface area contributed by atoms with E-state index in [1.807, 2.05) is 0 Å². The summed E-state index contributed by atoms with van der Waals surface area (Å²) in [6.45, 7) is 0. The number of benzene rings is 1. The Morgan fingerprint density at radius 3 is 2.50 bits per heavy atom. The van der Waals surface area contributed by atoms with Crippen molar-refractivity contribution < 1.29 is 13.2 Å². The lowest BCUT2D eigenvalue weighted by atomic mass is 10.0. The maximum absolute atomic E-state index is 12.7. The van der Waals surface area contributed by atoms with Crippen LogP contribution < -0.4 is 5.73 Å². The van der Waals surface area contributed by atoms with Crippen LogP contribution in [0.25, 0.3) is 10.9 Å². The molecule has 0 aliphatic heterocycles. The molecule has 0 spiro atoms. The normalized spacial score (nSPS) is 18.0. The fourth-order valence-corrected chi connectivity index (χ4v) is 2.00. The molecule has 0 saturated heterocycles. The third kappa shape index (κ3) is 1.73. The van der Waals surface area contributed by atoms with Gasteiger partial charge in [0.05, 0.1) is 22.3 Å². The molecular weight excluding hydrogens is 243 g/mol. The summed E-state index contributed by atoms with van der Waals surface area (Å²) in [7, 11) is 0. The van der Waals surface area contributed by atoms with Gasteiger partial charge in [-0.3, -0.25) is 0 Å². The molecule has 1 fully saturated rings. The molecule has 0 amide bonds. The standard InChI is InChI=1S/C12H10F3N3/c13-12(14,15)7-1-2-9-8(5-7)10(18-6-17-9)11(16)3-4-11/h1-2,5-6H,3-4,16H2. The Balaban J connectivity index is 2.25. The molecule has 94 valence electrons. The molecule has 6 heteroatoms. The first-order valence-electron chi connectivity index (χ1n) is 5.51. The zero-order valence-electron chi connectivity index (χ0n) is 9.33. The average Bonchev–Trinajstić information content (AvgIpc) is 3.06. The van der Waals surface area contributed by atoms with E-state index in [0.717, 1.165) is 25.0 Å². The van der Waals surface area contributed by atoms with Crippen LogP contribution >= 0.6 is 0 Å². The van der Waals surface area contributed by atoms with E-state index in [1.54, 1.807) is 0 Å². The number of nitrogens with zero attached hydrogens (tertiary/aromatic N) is 2. The molecule has 0 unspecified atom stereocenters. The highest BCUT2D eigenvalue weighted by Crippen LogP contribution is 2.44. The largest absolute Gasteiger partial charge is 0.416 e. The van der Waals surface area contributed by atoms with Crippen molar-refractivity contribution in [2.24, 2.45) is 5.73 Å². The molecule has 18 heavy (non-hydrogen) atoms. The van der Waals surface area contributed by atoms with Gasteiger partial charge in [-0.15, -0.1) is 0 Å². The zero-order chi connectivity index (χ0) is 13.0. The molecular formula is C12H10F3N3. The second-order valence-corrected chi connectivity index (χ2v) is 4.61. The van der Waals surface area contributed by atoms with E-state index in [2.05, 4.69) is 9.97 Å². The highest BCUT2D eigenvalue weighted by molar-refractivity contribution is 5.82. The molecule has 3 nitrogen and oxygen atoms in total. The van der Waals surface area contributed by atoms with Crippen molar-refractivity contribution in [3.8, 4) is 0 Å². The third-order valence-electron chi connectivity index (χ3n) is 3.22. The Hall–Kier alpha value is -1.69. The smallest absolute Gasteiger partial charge is 0.320 e. The highest BCUT2D eigenvalue weighted by atomic mass is 19.4. The van der Waals surface area contributed by atoms with Gasteiger partial charge in [-0.05, 0) is 31.0 Å². The molecule has 1 aliphatic rings. The predicted molar refractivity (Wildman–Crippen MR) is 59.6 cm³/mol. The first kappa shape index (κ1) is 11.4. The van der Waals surface area contributed by atoms with E-state index in [1.165, 1.54) is 12.4 Å². The number of hydrogen-bond donors (Lipinski definition) is 1. The topological polar surface area (TPSA) is 51.8 Å². The van der Waals surface area contributed by atoms with Crippen LogP contribution in [0.2, 0.25) is 0 Å². The van der Waals surface area contributed by atoms with Gasteiger partial charge in [0, 0.05) is 5.39 Å². The minimum Gasteiger partial charge on any atom is -0.320 e. The SMILES string of the molecule is NC1(c2ncnc3ccc(C(F)(F)F)cc23)CC1. The van der Waals surface area contributed by atoms with Gasteiger partial charge in [0.25, 0.3) is 0 Å². The number of halogens is 3. The Labute approximate surface area is 101 Å². The quantitative estimate of drug-likeness (QED) is 0.849. The molecule has 0 atom stereocenters. The summed E-state index contributed by atoms with van der Waals surface area (Å²) >= 11 is 0. The second kappa shape index (κ2) is 3.41. The van der Waals surface area contributed by atoms with Gasteiger partial charge in [0.2, 0.25) is 0 Å². The van der Waals surface area contributed by atoms with Crippen LogP contribution in [0.1, 0.15) is 24.1 Å². The highest BCUT2D eigenvalue weighted by Gasteiger charge is 2.43. The number of aromatic nitrogens is 2. The van der Waals surface area contributed by atoms with E-state index >= 15 is 0 Å². The van der Waals surface area contributed by atoms with Crippen LogP contribution in [-0.2, 0) is 11.7 Å². The van der Waals surface area contributed by atoms with Crippen LogP contribution in [0.3, 0.4) is 0 Å². The van der Waals surface area contributed by atoms with Gasteiger partial charge >= 0.3 is 6.18 Å². The molecule has 2 aromatic rings. The van der Waals surface area contributed by atoms with Crippen molar-refractivity contribution in [1.29, 1.82) is 0 Å². The molecule has 3 rings (SSSR count). The Morgan fingerprint density at radius 1 is 1.17 bits per heavy atom. The fraction of sp³-hybridized carbons (Fsp3) is 0.333. The molecule has 0 bridgehead atoms. The second-order valence-electron chi connectivity index (χ2n) is 4.61. The third-order valence-corrected chi connectivity index (χ3v) is 3.22. The van der Waals surface area contributed by atoms with Crippen molar-refractivity contribution in [2.45, 2.75) is 24.6 Å². The van der Waals surface area contributed by atoms with Gasteiger partial charge in [-0.25, -0.2) is 9.97 Å². The summed E-state index contributed by atoms with van der Waals surface area (Å²) in [6.07, 6.45) is -1.53. The van der Waals surface area contributed by atoms with E-state index < -0.39 is 17.3 Å². The summed E-state index contributed by atoms with van der Waals surface area (Å²) in [6, 6.07) is 3.46. The molecule has 2 N–H and O–H groups in total. The van der Waals surface area contributed by atoms with Gasteiger partial charge < -0.3 is 5.73 Å². The van der Waals surface area contributed by atoms with E-state index in [-0.39, 0.29) is 0 Å². The summed E-state index contributed by atoms with van der Waals surface area (Å²) in [4.78, 5) is 8.03. The lowest BCUT2D eigenvalue weighted by Crippen LogP contribution is -2.21. The number of alkyl halides is 3. The molecule has 1 aliphatic carbocycles. The minimum atomic E-state index is -4.37. The Kier molecular flexibility index (Phi) is 2.16. The lowest BCUT2D eigenvalue weighted by molar-refractivity contribution is -0.137. The van der Waals surface area contributed by atoms with Crippen LogP contribution in [0.5, 0.6) is 0 Å². The Morgan fingerprint density at radius 2 is 1.89 bits per heavy atom. The monoisotopic (exact) mass is 253 g/mol. The van der Waals surface area contributed by atoms with Crippen molar-refractivity contribution in [3.05, 3.63) is 35.8 Å². The van der Waals surface area contributed by atoms with Crippen molar-refractivity contribution >= 4 is 10.9 Å². The minimum absolute atomic E-state index is 0.396. The first-order chi connectivity index (χ1) is 8.40. The maximum atomic E-state index is 12.7. The molecule has 1 aromatic heterocycles. The van der Waals surface area contributed by atoms with Crippen LogP contribution in [0.15, 0.2) is 24.5 Å². The molecule has 1 aromatic carbocycles.